The SMILES string of the molecule is O=C1CC2(CNC2)C1(c1ccccc1)c1ccncc1. The lowest BCUT2D eigenvalue weighted by Crippen LogP contribution is -2.75. The Morgan fingerprint density at radius 3 is 2.15 bits per heavy atom. The standard InChI is InChI=1S/C17H16N2O/c20-15-10-16(11-19-12-16)17(15,13-4-2-1-3-5-13)14-6-8-18-9-7-14/h1-9,19H,10-12H2. The van der Waals surface area contributed by atoms with Gasteiger partial charge in [0.2, 0.25) is 0 Å². The normalized spacial score (nSPS) is 26.9. The molecular weight excluding hydrogens is 248 g/mol. The van der Waals surface area contributed by atoms with E-state index < -0.39 is 5.41 Å². The largest absolute Gasteiger partial charge is 0.315 e. The molecule has 100 valence electrons. The number of pyridine rings is 1. The van der Waals surface area contributed by atoms with Gasteiger partial charge in [0.25, 0.3) is 0 Å². The average Bonchev–Trinajstić information content (AvgIpc) is 2.45. The first-order valence-electron chi connectivity index (χ1n) is 7.00. The van der Waals surface area contributed by atoms with Crippen LogP contribution in [0.4, 0.5) is 0 Å². The molecule has 1 saturated carbocycles. The zero-order valence-electron chi connectivity index (χ0n) is 11.2. The number of hydrogen-bond donors (Lipinski definition) is 1. The molecule has 1 aliphatic carbocycles. The van der Waals surface area contributed by atoms with Crippen LogP contribution in [0.15, 0.2) is 54.9 Å². The van der Waals surface area contributed by atoms with E-state index in [-0.39, 0.29) is 5.41 Å². The molecule has 1 atom stereocenters. The van der Waals surface area contributed by atoms with Crippen LogP contribution in [0.3, 0.4) is 0 Å². The van der Waals surface area contributed by atoms with Crippen molar-refractivity contribution in [3.8, 4) is 0 Å². The first-order valence-corrected chi connectivity index (χ1v) is 7.00. The number of nitrogens with zero attached hydrogens (tertiary/aromatic N) is 1. The number of benzene rings is 1. The Morgan fingerprint density at radius 2 is 1.60 bits per heavy atom. The van der Waals surface area contributed by atoms with Crippen molar-refractivity contribution in [1.82, 2.24) is 10.3 Å². The molecule has 2 aliphatic rings. The molecule has 1 N–H and O–H groups in total. The van der Waals surface area contributed by atoms with Gasteiger partial charge >= 0.3 is 0 Å². The lowest BCUT2D eigenvalue weighted by atomic mass is 9.41. The van der Waals surface area contributed by atoms with E-state index in [0.29, 0.717) is 12.2 Å². The van der Waals surface area contributed by atoms with Gasteiger partial charge in [0, 0.05) is 37.3 Å². The van der Waals surface area contributed by atoms with Gasteiger partial charge in [-0.1, -0.05) is 30.3 Å². The topological polar surface area (TPSA) is 42.0 Å². The first kappa shape index (κ1) is 11.8. The van der Waals surface area contributed by atoms with Gasteiger partial charge in [-0.2, -0.15) is 0 Å². The van der Waals surface area contributed by atoms with Crippen molar-refractivity contribution in [3.05, 3.63) is 66.0 Å². The van der Waals surface area contributed by atoms with Gasteiger partial charge in [-0.3, -0.25) is 9.78 Å². The van der Waals surface area contributed by atoms with Gasteiger partial charge in [0.1, 0.15) is 5.78 Å². The van der Waals surface area contributed by atoms with Crippen molar-refractivity contribution >= 4 is 5.78 Å². The minimum atomic E-state index is -0.484. The van der Waals surface area contributed by atoms with Crippen LogP contribution in [0.1, 0.15) is 17.5 Å². The van der Waals surface area contributed by atoms with Crippen molar-refractivity contribution in [2.75, 3.05) is 13.1 Å². The Hall–Kier alpha value is -2.00. The van der Waals surface area contributed by atoms with Crippen molar-refractivity contribution in [1.29, 1.82) is 0 Å². The molecule has 2 heterocycles. The summed E-state index contributed by atoms with van der Waals surface area (Å²) in [6.07, 6.45) is 4.24. The highest BCUT2D eigenvalue weighted by Gasteiger charge is 2.69. The molecule has 1 aromatic heterocycles. The number of nitrogens with one attached hydrogen (secondary N) is 1. The zero-order valence-corrected chi connectivity index (χ0v) is 11.2. The Bertz CT molecular complexity index is 608. The van der Waals surface area contributed by atoms with E-state index in [1.807, 2.05) is 30.3 Å². The molecule has 0 radical (unpaired) electrons. The second-order valence-electron chi connectivity index (χ2n) is 5.84. The van der Waals surface area contributed by atoms with E-state index in [1.165, 1.54) is 0 Å². The molecule has 0 amide bonds. The molecule has 2 fully saturated rings. The van der Waals surface area contributed by atoms with Gasteiger partial charge in [0.05, 0.1) is 5.41 Å². The molecule has 3 nitrogen and oxygen atoms in total. The zero-order chi connectivity index (χ0) is 13.6. The van der Waals surface area contributed by atoms with Crippen molar-refractivity contribution < 1.29 is 4.79 Å². The Morgan fingerprint density at radius 1 is 0.950 bits per heavy atom. The fraction of sp³-hybridized carbons (Fsp3) is 0.294. The molecule has 1 aliphatic heterocycles. The summed E-state index contributed by atoms with van der Waals surface area (Å²) in [6, 6.07) is 14.2. The third-order valence-electron chi connectivity index (χ3n) is 4.96. The molecule has 2 aromatic rings. The van der Waals surface area contributed by atoms with Gasteiger partial charge in [0.15, 0.2) is 0 Å². The molecule has 1 unspecified atom stereocenters. The van der Waals surface area contributed by atoms with Gasteiger partial charge < -0.3 is 5.32 Å². The van der Waals surface area contributed by atoms with E-state index in [0.717, 1.165) is 24.2 Å². The number of ketones is 1. The Balaban J connectivity index is 1.97. The maximum atomic E-state index is 12.7. The van der Waals surface area contributed by atoms with E-state index in [1.54, 1.807) is 12.4 Å². The van der Waals surface area contributed by atoms with Gasteiger partial charge in [-0.25, -0.2) is 0 Å². The molecule has 1 spiro atoms. The highest BCUT2D eigenvalue weighted by molar-refractivity contribution is 6.02. The smallest absolute Gasteiger partial charge is 0.149 e. The quantitative estimate of drug-likeness (QED) is 0.901. The summed E-state index contributed by atoms with van der Waals surface area (Å²) in [7, 11) is 0. The average molecular weight is 264 g/mol. The Kier molecular flexibility index (Phi) is 2.36. The predicted octanol–water partition coefficient (Wildman–Crippen LogP) is 1.93. The van der Waals surface area contributed by atoms with Crippen LogP contribution >= 0.6 is 0 Å². The van der Waals surface area contributed by atoms with Crippen LogP contribution in [-0.4, -0.2) is 23.9 Å². The maximum Gasteiger partial charge on any atom is 0.149 e. The number of hydrogen-bond acceptors (Lipinski definition) is 3. The molecule has 20 heavy (non-hydrogen) atoms. The molecule has 0 bridgehead atoms. The molecule has 4 rings (SSSR count). The highest BCUT2D eigenvalue weighted by atomic mass is 16.1. The second kappa shape index (κ2) is 4.00. The van der Waals surface area contributed by atoms with Crippen molar-refractivity contribution in [3.63, 3.8) is 0 Å². The molecule has 3 heteroatoms. The van der Waals surface area contributed by atoms with E-state index >= 15 is 0 Å². The Labute approximate surface area is 118 Å². The second-order valence-corrected chi connectivity index (χ2v) is 5.84. The van der Waals surface area contributed by atoms with Gasteiger partial charge in [-0.05, 0) is 23.3 Å². The van der Waals surface area contributed by atoms with Crippen molar-refractivity contribution in [2.45, 2.75) is 11.8 Å². The van der Waals surface area contributed by atoms with E-state index in [2.05, 4.69) is 22.4 Å². The van der Waals surface area contributed by atoms with Crippen molar-refractivity contribution in [2.24, 2.45) is 5.41 Å². The summed E-state index contributed by atoms with van der Waals surface area (Å²) in [5, 5.41) is 3.35. The summed E-state index contributed by atoms with van der Waals surface area (Å²) in [5.74, 6) is 0.330. The summed E-state index contributed by atoms with van der Waals surface area (Å²) in [6.45, 7) is 1.83. The number of aromatic nitrogens is 1. The minimum Gasteiger partial charge on any atom is -0.315 e. The summed E-state index contributed by atoms with van der Waals surface area (Å²) in [5.41, 5.74) is 1.76. The number of rotatable bonds is 2. The summed E-state index contributed by atoms with van der Waals surface area (Å²) < 4.78 is 0. The minimum absolute atomic E-state index is 0.0484. The highest BCUT2D eigenvalue weighted by Crippen LogP contribution is 2.60. The molecular formula is C17H16N2O. The fourth-order valence-electron chi connectivity index (χ4n) is 3.97. The molecule has 1 aromatic carbocycles. The number of carbonyl (C=O) groups is 1. The molecule has 1 saturated heterocycles. The fourth-order valence-corrected chi connectivity index (χ4v) is 3.97. The first-order chi connectivity index (χ1) is 9.80. The van der Waals surface area contributed by atoms with Crippen LogP contribution in [0.25, 0.3) is 0 Å². The monoisotopic (exact) mass is 264 g/mol. The van der Waals surface area contributed by atoms with E-state index in [4.69, 9.17) is 0 Å². The lowest BCUT2D eigenvalue weighted by molar-refractivity contribution is -0.149. The van der Waals surface area contributed by atoms with Crippen LogP contribution in [-0.2, 0) is 10.2 Å². The van der Waals surface area contributed by atoms with Crippen LogP contribution in [0.5, 0.6) is 0 Å². The number of Topliss-reactive ketones (excluding diaryl/α,β-unsaturated/α-hetero) is 1. The maximum absolute atomic E-state index is 12.7. The summed E-state index contributed by atoms with van der Waals surface area (Å²) in [4.78, 5) is 16.8. The van der Waals surface area contributed by atoms with Crippen LogP contribution in [0.2, 0.25) is 0 Å². The van der Waals surface area contributed by atoms with Crippen LogP contribution < -0.4 is 5.32 Å². The van der Waals surface area contributed by atoms with E-state index in [9.17, 15) is 4.79 Å². The third kappa shape index (κ3) is 1.23. The third-order valence-corrected chi connectivity index (χ3v) is 4.96. The number of carbonyl (C=O) groups excluding carboxylic acids is 1. The van der Waals surface area contributed by atoms with Gasteiger partial charge in [-0.15, -0.1) is 0 Å². The van der Waals surface area contributed by atoms with Crippen LogP contribution in [0, 0.1) is 5.41 Å². The predicted molar refractivity (Wildman–Crippen MR) is 76.4 cm³/mol. The lowest BCUT2D eigenvalue weighted by Gasteiger charge is -2.63. The summed E-state index contributed by atoms with van der Waals surface area (Å²) >= 11 is 0.